The first kappa shape index (κ1) is 43.0. The highest BCUT2D eigenvalue weighted by Crippen LogP contribution is 2.20. The van der Waals surface area contributed by atoms with Crippen LogP contribution in [0.4, 0.5) is 0 Å². The second-order valence-electron chi connectivity index (χ2n) is 12.8. The molecular weight excluding hydrogens is 774 g/mol. The van der Waals surface area contributed by atoms with E-state index in [4.69, 9.17) is 9.68 Å². The molecule has 16 heteroatoms. The van der Waals surface area contributed by atoms with Gasteiger partial charge >= 0.3 is 14.2 Å². The molecule has 6 aromatic carbocycles. The second-order valence-corrected chi connectivity index (χ2v) is 16.3. The van der Waals surface area contributed by atoms with Crippen LogP contribution in [-0.4, -0.2) is 64.1 Å². The largest absolute Gasteiger partial charge is 0.491 e. The van der Waals surface area contributed by atoms with E-state index in [2.05, 4.69) is 15.0 Å². The number of hydrogen-bond donors (Lipinski definition) is 3. The average Bonchev–Trinajstić information content (AvgIpc) is 3.63. The van der Waals surface area contributed by atoms with Crippen LogP contribution in [0.5, 0.6) is 0 Å². The zero-order valence-electron chi connectivity index (χ0n) is 31.6. The Kier molecular flexibility index (Phi) is 15.1. The molecule has 294 valence electrons. The third kappa shape index (κ3) is 11.7. The maximum atomic E-state index is 12.6. The number of carbonyl (C=O) groups is 1. The summed E-state index contributed by atoms with van der Waals surface area (Å²) < 4.78 is 54.7. The number of fused-ring (bicyclic) bond motifs is 2. The topological polar surface area (TPSA) is 175 Å². The van der Waals surface area contributed by atoms with E-state index >= 15 is 0 Å². The highest BCUT2D eigenvalue weighted by atomic mass is 32.2. The molecule has 58 heavy (non-hydrogen) atoms. The fourth-order valence-corrected chi connectivity index (χ4v) is 7.39. The van der Waals surface area contributed by atoms with Gasteiger partial charge in [-0.25, -0.2) is 13.2 Å². The lowest BCUT2D eigenvalue weighted by atomic mass is 9.72. The van der Waals surface area contributed by atoms with Gasteiger partial charge < -0.3 is 14.7 Å². The fraction of sp³-hybridized carbons (Fsp3) is 0.0714. The van der Waals surface area contributed by atoms with Crippen LogP contribution in [0, 0.1) is 13.8 Å². The van der Waals surface area contributed by atoms with Crippen LogP contribution in [-0.2, 0) is 31.3 Å². The molecule has 0 bridgehead atoms. The molecule has 0 saturated heterocycles. The predicted molar refractivity (Wildman–Crippen MR) is 228 cm³/mol. The third-order valence-electron chi connectivity index (χ3n) is 8.53. The number of benzene rings is 6. The van der Waals surface area contributed by atoms with Crippen LogP contribution in [0.15, 0.2) is 178 Å². The number of hydrogen-bond acceptors (Lipinski definition) is 10. The van der Waals surface area contributed by atoms with Crippen molar-refractivity contribution in [3.8, 4) is 0 Å². The molecule has 8 rings (SSSR count). The average molecular weight is 815 g/mol. The van der Waals surface area contributed by atoms with E-state index in [1.807, 2.05) is 92.7 Å². The van der Waals surface area contributed by atoms with E-state index in [0.29, 0.717) is 17.6 Å². The summed E-state index contributed by atoms with van der Waals surface area (Å²) in [6.45, 7) is 4.31. The van der Waals surface area contributed by atoms with Crippen LogP contribution in [0.2, 0.25) is 0 Å². The number of nitrogens with zero attached hydrogens (tertiary/aromatic N) is 3. The zero-order valence-corrected chi connectivity index (χ0v) is 33.2. The lowest BCUT2D eigenvalue weighted by molar-refractivity contribution is 0.112. The Balaban J connectivity index is 0.000000157. The van der Waals surface area contributed by atoms with Crippen LogP contribution in [0.1, 0.15) is 38.2 Å². The van der Waals surface area contributed by atoms with E-state index in [0.717, 1.165) is 43.9 Å². The van der Waals surface area contributed by atoms with Crippen molar-refractivity contribution in [1.29, 1.82) is 0 Å². The normalized spacial score (nSPS) is 12.8. The van der Waals surface area contributed by atoms with Gasteiger partial charge in [-0.1, -0.05) is 145 Å². The molecule has 0 fully saturated rings. The summed E-state index contributed by atoms with van der Waals surface area (Å²) in [5.41, 5.74) is 6.75. The molecule has 12 nitrogen and oxygen atoms in total. The van der Waals surface area contributed by atoms with E-state index in [-0.39, 0.29) is 9.79 Å². The smallest absolute Gasteiger partial charge is 0.427 e. The SMILES string of the molecule is Cc1ccc(S(=O)(=O)N/N=C/c2ccccc2)cc1.Cc1ccc(S(=O)(=O)N2N=Cc3ccccc3B2O)cc1.O=Cc1ccccc1.OB1OCc2ccccc21. The van der Waals surface area contributed by atoms with Gasteiger partial charge in [0.25, 0.3) is 20.0 Å². The lowest BCUT2D eigenvalue weighted by Crippen LogP contribution is -2.52. The van der Waals surface area contributed by atoms with Crippen molar-refractivity contribution in [3.63, 3.8) is 0 Å². The highest BCUT2D eigenvalue weighted by Gasteiger charge is 2.38. The van der Waals surface area contributed by atoms with Gasteiger partial charge in [0.1, 0.15) is 6.29 Å². The van der Waals surface area contributed by atoms with Crippen LogP contribution < -0.4 is 15.8 Å². The fourth-order valence-electron chi connectivity index (χ4n) is 5.35. The number of aldehydes is 1. The number of carbonyl (C=O) groups excluding carboxylic acids is 1. The monoisotopic (exact) mass is 814 g/mol. The predicted octanol–water partition coefficient (Wildman–Crippen LogP) is 4.43. The lowest BCUT2D eigenvalue weighted by Gasteiger charge is -2.25. The summed E-state index contributed by atoms with van der Waals surface area (Å²) in [6.07, 6.45) is 3.74. The third-order valence-corrected chi connectivity index (χ3v) is 11.4. The summed E-state index contributed by atoms with van der Waals surface area (Å²) in [6, 6.07) is 46.1. The maximum Gasteiger partial charge on any atom is 0.491 e. The van der Waals surface area contributed by atoms with Gasteiger partial charge in [0.05, 0.1) is 28.8 Å². The van der Waals surface area contributed by atoms with Gasteiger partial charge in [-0.2, -0.15) is 22.9 Å². The highest BCUT2D eigenvalue weighted by molar-refractivity contribution is 7.90. The first-order valence-corrected chi connectivity index (χ1v) is 20.8. The number of sulfonamides is 2. The minimum Gasteiger partial charge on any atom is -0.427 e. The van der Waals surface area contributed by atoms with Gasteiger partial charge in [0.2, 0.25) is 0 Å². The molecular formula is C42H40B2N4O8S2. The molecule has 2 aliphatic heterocycles. The van der Waals surface area contributed by atoms with Crippen LogP contribution >= 0.6 is 0 Å². The quantitative estimate of drug-likeness (QED) is 0.0919. The van der Waals surface area contributed by atoms with Crippen molar-refractivity contribution in [1.82, 2.24) is 9.16 Å². The van der Waals surface area contributed by atoms with Gasteiger partial charge in [-0.15, -0.1) is 0 Å². The second kappa shape index (κ2) is 20.3. The molecule has 0 atom stereocenters. The van der Waals surface area contributed by atoms with Gasteiger partial charge in [-0.05, 0) is 65.7 Å². The van der Waals surface area contributed by atoms with Crippen LogP contribution in [0.3, 0.4) is 0 Å². The number of aryl methyl sites for hydroxylation is 2. The first-order valence-electron chi connectivity index (χ1n) is 17.9. The summed E-state index contributed by atoms with van der Waals surface area (Å²) in [5, 5.41) is 27.1. The molecule has 0 aliphatic carbocycles. The molecule has 0 saturated carbocycles. The van der Waals surface area contributed by atoms with Gasteiger partial charge in [-0.3, -0.25) is 4.79 Å². The Morgan fingerprint density at radius 3 is 1.76 bits per heavy atom. The number of nitrogens with one attached hydrogen (secondary N) is 1. The Morgan fingerprint density at radius 1 is 0.672 bits per heavy atom. The summed E-state index contributed by atoms with van der Waals surface area (Å²) in [4.78, 5) is 12.5. The van der Waals surface area contributed by atoms with E-state index < -0.39 is 34.2 Å². The molecule has 3 N–H and O–H groups in total. The minimum atomic E-state index is -3.89. The Morgan fingerprint density at radius 2 is 1.19 bits per heavy atom. The molecule has 0 amide bonds. The van der Waals surface area contributed by atoms with Crippen molar-refractivity contribution < 1.29 is 36.3 Å². The molecule has 0 aromatic heterocycles. The van der Waals surface area contributed by atoms with Crippen molar-refractivity contribution in [3.05, 3.63) is 191 Å². The summed E-state index contributed by atoms with van der Waals surface area (Å²) in [5.74, 6) is 0. The van der Waals surface area contributed by atoms with Crippen molar-refractivity contribution in [2.75, 3.05) is 0 Å². The Labute approximate surface area is 339 Å². The van der Waals surface area contributed by atoms with Gasteiger partial charge in [0.15, 0.2) is 0 Å². The molecule has 2 aliphatic rings. The van der Waals surface area contributed by atoms with Crippen molar-refractivity contribution in [2.45, 2.75) is 30.2 Å². The van der Waals surface area contributed by atoms with Crippen molar-refractivity contribution >= 4 is 63.9 Å². The Hall–Kier alpha value is -6.16. The molecule has 0 unspecified atom stereocenters. The van der Waals surface area contributed by atoms with E-state index in [9.17, 15) is 26.7 Å². The zero-order chi connectivity index (χ0) is 41.5. The number of rotatable bonds is 7. The van der Waals surface area contributed by atoms with E-state index in [1.165, 1.54) is 24.6 Å². The van der Waals surface area contributed by atoms with E-state index in [1.54, 1.807) is 66.7 Å². The molecule has 2 heterocycles. The van der Waals surface area contributed by atoms with Crippen LogP contribution in [0.25, 0.3) is 0 Å². The standard InChI is InChI=1S/C14H13BN2O3S.C14H14N2O2S.C7H7BO2.C7H6O/c1-11-6-8-13(9-7-11)21(19,20)17-15(18)14-5-3-2-4-12(14)10-16-17;1-12-7-9-14(10-8-12)19(17,18)16-15-11-13-5-3-2-4-6-13;9-8-7-4-2-1-3-6(7)5-10-8;8-6-7-4-2-1-3-5-7/h2-10,18H,1H3;2-11,16H,1H3;1-4,9H,5H2;1-6H/b;15-11+;;. The number of hydrazone groups is 2. The summed E-state index contributed by atoms with van der Waals surface area (Å²) in [7, 11) is -9.50. The minimum absolute atomic E-state index is 0.101. The molecule has 0 spiro atoms. The summed E-state index contributed by atoms with van der Waals surface area (Å²) >= 11 is 0. The molecule has 0 radical (unpaired) electrons. The molecule has 6 aromatic rings. The Bertz CT molecular complexity index is 2550. The first-order chi connectivity index (χ1) is 27.9. The van der Waals surface area contributed by atoms with Crippen molar-refractivity contribution in [2.24, 2.45) is 10.2 Å². The van der Waals surface area contributed by atoms with Gasteiger partial charge in [0, 0.05) is 5.56 Å². The maximum absolute atomic E-state index is 12.6.